The molecule has 0 fully saturated rings. The first-order valence-corrected chi connectivity index (χ1v) is 4.91. The molecule has 0 saturated carbocycles. The van der Waals surface area contributed by atoms with Gasteiger partial charge in [0.05, 0.1) is 0 Å². The fourth-order valence-electron chi connectivity index (χ4n) is 1.24. The maximum absolute atomic E-state index is 10.8. The second-order valence-electron chi connectivity index (χ2n) is 2.97. The topological polar surface area (TPSA) is 42.2 Å². The van der Waals surface area contributed by atoms with E-state index in [1.807, 2.05) is 18.2 Å². The van der Waals surface area contributed by atoms with E-state index in [0.717, 1.165) is 15.4 Å². The van der Waals surface area contributed by atoms with Crippen molar-refractivity contribution < 1.29 is 9.21 Å². The smallest absolute Gasteiger partial charge is 0.223 e. The highest BCUT2D eigenvalue weighted by atomic mass is 79.9. The summed E-state index contributed by atoms with van der Waals surface area (Å²) >= 11 is 3.35. The van der Waals surface area contributed by atoms with Crippen LogP contribution in [0.5, 0.6) is 0 Å². The Morgan fingerprint density at radius 3 is 2.93 bits per heavy atom. The molecule has 1 aromatic heterocycles. The van der Waals surface area contributed by atoms with Gasteiger partial charge in [0.2, 0.25) is 11.8 Å². The summed E-state index contributed by atoms with van der Waals surface area (Å²) in [5.41, 5.74) is 0.753. The van der Waals surface area contributed by atoms with Crippen LogP contribution in [0.15, 0.2) is 33.2 Å². The molecule has 0 atom stereocenters. The lowest BCUT2D eigenvalue weighted by molar-refractivity contribution is -0.114. The third kappa shape index (κ3) is 1.80. The summed E-state index contributed by atoms with van der Waals surface area (Å²) in [6.07, 6.45) is 0. The Bertz CT molecular complexity index is 490. The summed E-state index contributed by atoms with van der Waals surface area (Å²) in [4.78, 5) is 10.8. The second-order valence-corrected chi connectivity index (χ2v) is 3.89. The van der Waals surface area contributed by atoms with Gasteiger partial charge in [0.25, 0.3) is 0 Å². The minimum absolute atomic E-state index is 0.136. The zero-order valence-electron chi connectivity index (χ0n) is 7.50. The van der Waals surface area contributed by atoms with Crippen molar-refractivity contribution in [3.05, 3.63) is 28.7 Å². The van der Waals surface area contributed by atoms with Crippen molar-refractivity contribution in [2.24, 2.45) is 0 Å². The Hall–Kier alpha value is -1.29. The van der Waals surface area contributed by atoms with Crippen molar-refractivity contribution in [2.45, 2.75) is 6.92 Å². The number of fused-ring (bicyclic) bond motifs is 1. The Morgan fingerprint density at radius 2 is 2.21 bits per heavy atom. The number of carbonyl (C=O) groups is 1. The number of hydrogen-bond acceptors (Lipinski definition) is 2. The van der Waals surface area contributed by atoms with Crippen molar-refractivity contribution in [1.82, 2.24) is 0 Å². The van der Waals surface area contributed by atoms with Crippen molar-refractivity contribution in [2.75, 3.05) is 5.32 Å². The number of halogens is 1. The van der Waals surface area contributed by atoms with Gasteiger partial charge < -0.3 is 4.42 Å². The molecule has 3 nitrogen and oxygen atoms in total. The average Bonchev–Trinajstić information content (AvgIpc) is 2.44. The highest BCUT2D eigenvalue weighted by molar-refractivity contribution is 9.10. The zero-order valence-corrected chi connectivity index (χ0v) is 9.09. The normalized spacial score (nSPS) is 10.4. The van der Waals surface area contributed by atoms with Crippen LogP contribution < -0.4 is 5.32 Å². The highest BCUT2D eigenvalue weighted by Gasteiger charge is 2.04. The second kappa shape index (κ2) is 3.46. The maximum atomic E-state index is 10.8. The molecule has 0 unspecified atom stereocenters. The van der Waals surface area contributed by atoms with Gasteiger partial charge in [-0.1, -0.05) is 15.9 Å². The predicted molar refractivity (Wildman–Crippen MR) is 58.2 cm³/mol. The van der Waals surface area contributed by atoms with Gasteiger partial charge in [0.1, 0.15) is 5.58 Å². The molecule has 1 N–H and O–H groups in total. The molecular weight excluding hydrogens is 246 g/mol. The quantitative estimate of drug-likeness (QED) is 0.849. The van der Waals surface area contributed by atoms with E-state index in [4.69, 9.17) is 4.42 Å². The van der Waals surface area contributed by atoms with Gasteiger partial charge in [0, 0.05) is 22.8 Å². The lowest BCUT2D eigenvalue weighted by Gasteiger charge is -1.92. The number of anilines is 1. The monoisotopic (exact) mass is 253 g/mol. The number of benzene rings is 1. The van der Waals surface area contributed by atoms with Crippen LogP contribution in [0.1, 0.15) is 6.92 Å². The number of furan rings is 1. The van der Waals surface area contributed by atoms with Crippen molar-refractivity contribution >= 4 is 38.7 Å². The third-order valence-electron chi connectivity index (χ3n) is 1.78. The molecule has 1 heterocycles. The SMILES string of the molecule is CC(=O)Nc1cc2ccc(Br)cc2o1. The van der Waals surface area contributed by atoms with Crippen molar-refractivity contribution in [3.8, 4) is 0 Å². The van der Waals surface area contributed by atoms with E-state index in [0.29, 0.717) is 5.88 Å². The van der Waals surface area contributed by atoms with Crippen LogP contribution in [-0.2, 0) is 4.79 Å². The third-order valence-corrected chi connectivity index (χ3v) is 2.27. The van der Waals surface area contributed by atoms with Crippen LogP contribution in [0.25, 0.3) is 11.0 Å². The van der Waals surface area contributed by atoms with E-state index in [9.17, 15) is 4.79 Å². The number of carbonyl (C=O) groups excluding carboxylic acids is 1. The Kier molecular flexibility index (Phi) is 2.29. The number of nitrogens with one attached hydrogen (secondary N) is 1. The predicted octanol–water partition coefficient (Wildman–Crippen LogP) is 3.15. The molecule has 0 saturated heterocycles. The molecule has 4 heteroatoms. The molecule has 14 heavy (non-hydrogen) atoms. The van der Waals surface area contributed by atoms with Gasteiger partial charge in [-0.3, -0.25) is 10.1 Å². The fourth-order valence-corrected chi connectivity index (χ4v) is 1.58. The minimum atomic E-state index is -0.136. The zero-order chi connectivity index (χ0) is 10.1. The van der Waals surface area contributed by atoms with E-state index in [1.165, 1.54) is 6.92 Å². The molecule has 2 rings (SSSR count). The molecule has 0 radical (unpaired) electrons. The highest BCUT2D eigenvalue weighted by Crippen LogP contribution is 2.25. The van der Waals surface area contributed by atoms with Crippen LogP contribution >= 0.6 is 15.9 Å². The molecule has 2 aromatic rings. The van der Waals surface area contributed by atoms with Gasteiger partial charge in [-0.2, -0.15) is 0 Å². The van der Waals surface area contributed by atoms with E-state index in [2.05, 4.69) is 21.2 Å². The van der Waals surface area contributed by atoms with E-state index in [-0.39, 0.29) is 5.91 Å². The molecule has 1 aromatic carbocycles. The minimum Gasteiger partial charge on any atom is -0.440 e. The van der Waals surface area contributed by atoms with Crippen LogP contribution in [-0.4, -0.2) is 5.91 Å². The fraction of sp³-hybridized carbons (Fsp3) is 0.100. The average molecular weight is 254 g/mol. The summed E-state index contributed by atoms with van der Waals surface area (Å²) in [6.45, 7) is 1.45. The Labute approximate surface area is 89.2 Å². The van der Waals surface area contributed by atoms with Gasteiger partial charge in [0.15, 0.2) is 0 Å². The number of hydrogen-bond donors (Lipinski definition) is 1. The summed E-state index contributed by atoms with van der Waals surface area (Å²) in [5, 5.41) is 3.56. The van der Waals surface area contributed by atoms with Crippen molar-refractivity contribution in [3.63, 3.8) is 0 Å². The molecule has 0 aliphatic rings. The van der Waals surface area contributed by atoms with Crippen LogP contribution in [0.3, 0.4) is 0 Å². The molecule has 72 valence electrons. The Balaban J connectivity index is 2.46. The summed E-state index contributed by atoms with van der Waals surface area (Å²) in [6, 6.07) is 7.51. The molecule has 0 aliphatic heterocycles. The first-order valence-electron chi connectivity index (χ1n) is 4.12. The summed E-state index contributed by atoms with van der Waals surface area (Å²) in [7, 11) is 0. The standard InChI is InChI=1S/C10H8BrNO2/c1-6(13)12-10-4-7-2-3-8(11)5-9(7)14-10/h2-5H,1H3,(H,12,13). The van der Waals surface area contributed by atoms with Crippen LogP contribution in [0, 0.1) is 0 Å². The molecule has 0 aliphatic carbocycles. The van der Waals surface area contributed by atoms with Crippen molar-refractivity contribution in [1.29, 1.82) is 0 Å². The molecule has 0 bridgehead atoms. The molecule has 0 spiro atoms. The number of rotatable bonds is 1. The first-order chi connectivity index (χ1) is 6.65. The van der Waals surface area contributed by atoms with E-state index in [1.54, 1.807) is 6.07 Å². The van der Waals surface area contributed by atoms with Crippen LogP contribution in [0.2, 0.25) is 0 Å². The maximum Gasteiger partial charge on any atom is 0.223 e. The van der Waals surface area contributed by atoms with E-state index < -0.39 is 0 Å². The molecular formula is C10H8BrNO2. The molecule has 1 amide bonds. The van der Waals surface area contributed by atoms with Crippen LogP contribution in [0.4, 0.5) is 5.88 Å². The van der Waals surface area contributed by atoms with Gasteiger partial charge in [-0.05, 0) is 18.2 Å². The summed E-state index contributed by atoms with van der Waals surface area (Å²) in [5.74, 6) is 0.341. The van der Waals surface area contributed by atoms with E-state index >= 15 is 0 Å². The summed E-state index contributed by atoms with van der Waals surface area (Å²) < 4.78 is 6.35. The number of amides is 1. The lowest BCUT2D eigenvalue weighted by Crippen LogP contribution is -2.04. The van der Waals surface area contributed by atoms with Gasteiger partial charge >= 0.3 is 0 Å². The van der Waals surface area contributed by atoms with Gasteiger partial charge in [-0.25, -0.2) is 0 Å². The van der Waals surface area contributed by atoms with Gasteiger partial charge in [-0.15, -0.1) is 0 Å². The first kappa shape index (κ1) is 9.27. The lowest BCUT2D eigenvalue weighted by atomic mass is 10.3. The largest absolute Gasteiger partial charge is 0.440 e. The Morgan fingerprint density at radius 1 is 1.43 bits per heavy atom.